The first kappa shape index (κ1) is 26.9. The average Bonchev–Trinajstić information content (AvgIpc) is 2.94. The predicted molar refractivity (Wildman–Crippen MR) is 151 cm³/mol. The minimum atomic E-state index is -0.461. The van der Waals surface area contributed by atoms with E-state index in [1.807, 2.05) is 36.4 Å². The minimum Gasteiger partial charge on any atom is -0.494 e. The van der Waals surface area contributed by atoms with Crippen molar-refractivity contribution in [1.82, 2.24) is 5.43 Å². The lowest BCUT2D eigenvalue weighted by Crippen LogP contribution is -2.24. The number of unbranched alkanes of at least 4 members (excludes halogenated alkanes) is 1. The highest BCUT2D eigenvalue weighted by atomic mass is 79.9. The Hall–Kier alpha value is -4.17. The van der Waals surface area contributed by atoms with Crippen molar-refractivity contribution < 1.29 is 23.8 Å². The van der Waals surface area contributed by atoms with Gasteiger partial charge in [-0.1, -0.05) is 43.7 Å². The molecule has 194 valence electrons. The molecule has 0 aliphatic carbocycles. The second-order valence-electron chi connectivity index (χ2n) is 8.37. The molecule has 4 rings (SSSR count). The summed E-state index contributed by atoms with van der Waals surface area (Å²) in [5, 5.41) is 6.04. The molecule has 0 aliphatic rings. The van der Waals surface area contributed by atoms with Crippen molar-refractivity contribution in [2.45, 2.75) is 19.8 Å². The van der Waals surface area contributed by atoms with Gasteiger partial charge in [-0.25, -0.2) is 10.2 Å². The van der Waals surface area contributed by atoms with Gasteiger partial charge in [0, 0.05) is 0 Å². The summed E-state index contributed by atoms with van der Waals surface area (Å²) in [6, 6.07) is 25.3. The summed E-state index contributed by atoms with van der Waals surface area (Å²) >= 11 is 3.54. The van der Waals surface area contributed by atoms with E-state index in [1.54, 1.807) is 48.5 Å². The van der Waals surface area contributed by atoms with E-state index in [-0.39, 0.29) is 6.61 Å². The molecule has 38 heavy (non-hydrogen) atoms. The van der Waals surface area contributed by atoms with Crippen LogP contribution >= 0.6 is 15.9 Å². The SMILES string of the molecule is CCCCOc1ccc(C(=O)Oc2ccc(C=NNC(=O)COc3ccc4ccccc4c3Br)cc2)cc1. The maximum Gasteiger partial charge on any atom is 0.343 e. The number of hydrogen-bond donors (Lipinski definition) is 1. The van der Waals surface area contributed by atoms with Crippen LogP contribution in [0.4, 0.5) is 0 Å². The summed E-state index contributed by atoms with van der Waals surface area (Å²) in [7, 11) is 0. The molecule has 0 saturated carbocycles. The lowest BCUT2D eigenvalue weighted by atomic mass is 10.1. The first-order chi connectivity index (χ1) is 18.5. The molecule has 0 spiro atoms. The number of hydrazone groups is 1. The lowest BCUT2D eigenvalue weighted by Gasteiger charge is -2.09. The molecular weight excluding hydrogens is 548 g/mol. The van der Waals surface area contributed by atoms with Crippen LogP contribution in [0.5, 0.6) is 17.2 Å². The van der Waals surface area contributed by atoms with Crippen molar-refractivity contribution in [3.8, 4) is 17.2 Å². The third-order valence-electron chi connectivity index (χ3n) is 5.54. The number of esters is 1. The number of nitrogens with one attached hydrogen (secondary N) is 1. The van der Waals surface area contributed by atoms with Gasteiger partial charge in [0.15, 0.2) is 6.61 Å². The fraction of sp³-hybridized carbons (Fsp3) is 0.167. The third kappa shape index (κ3) is 7.43. The first-order valence-electron chi connectivity index (χ1n) is 12.2. The van der Waals surface area contributed by atoms with Crippen LogP contribution in [0.25, 0.3) is 10.8 Å². The highest BCUT2D eigenvalue weighted by Gasteiger charge is 2.10. The lowest BCUT2D eigenvalue weighted by molar-refractivity contribution is -0.123. The molecule has 7 nitrogen and oxygen atoms in total. The topological polar surface area (TPSA) is 86.2 Å². The molecule has 0 fully saturated rings. The smallest absolute Gasteiger partial charge is 0.343 e. The number of amides is 1. The summed E-state index contributed by atoms with van der Waals surface area (Å²) in [6.07, 6.45) is 3.53. The summed E-state index contributed by atoms with van der Waals surface area (Å²) in [5.41, 5.74) is 3.59. The standard InChI is InChI=1S/C30H27BrN2O5/c1-2-3-18-36-24-15-10-23(11-16-24)30(35)38-25-13-8-21(9-14-25)19-32-33-28(34)20-37-27-17-12-22-6-4-5-7-26(22)29(27)31/h4-17,19H,2-3,18,20H2,1H3,(H,33,34). The van der Waals surface area contributed by atoms with Gasteiger partial charge in [0.05, 0.1) is 22.9 Å². The van der Waals surface area contributed by atoms with Crippen LogP contribution in [-0.2, 0) is 4.79 Å². The van der Waals surface area contributed by atoms with Crippen LogP contribution in [-0.4, -0.2) is 31.3 Å². The van der Waals surface area contributed by atoms with Crippen LogP contribution in [0.2, 0.25) is 0 Å². The fourth-order valence-electron chi connectivity index (χ4n) is 3.49. The molecule has 0 unspecified atom stereocenters. The molecule has 1 amide bonds. The van der Waals surface area contributed by atoms with E-state index in [2.05, 4.69) is 33.4 Å². The first-order valence-corrected chi connectivity index (χ1v) is 13.0. The zero-order chi connectivity index (χ0) is 26.7. The zero-order valence-corrected chi connectivity index (χ0v) is 22.4. The Morgan fingerprint density at radius 3 is 2.39 bits per heavy atom. The van der Waals surface area contributed by atoms with Crippen molar-refractivity contribution in [3.63, 3.8) is 0 Å². The predicted octanol–water partition coefficient (Wildman–Crippen LogP) is 6.53. The highest BCUT2D eigenvalue weighted by Crippen LogP contribution is 2.32. The zero-order valence-electron chi connectivity index (χ0n) is 20.9. The number of fused-ring (bicyclic) bond motifs is 1. The minimum absolute atomic E-state index is 0.186. The number of rotatable bonds is 11. The molecule has 8 heteroatoms. The summed E-state index contributed by atoms with van der Waals surface area (Å²) in [4.78, 5) is 24.6. The number of benzene rings is 4. The van der Waals surface area contributed by atoms with Crippen molar-refractivity contribution in [2.75, 3.05) is 13.2 Å². The molecule has 0 radical (unpaired) electrons. The van der Waals surface area contributed by atoms with Crippen molar-refractivity contribution in [2.24, 2.45) is 5.10 Å². The van der Waals surface area contributed by atoms with Crippen LogP contribution < -0.4 is 19.6 Å². The molecule has 0 atom stereocenters. The van der Waals surface area contributed by atoms with Gasteiger partial charge in [0.1, 0.15) is 17.2 Å². The third-order valence-corrected chi connectivity index (χ3v) is 6.35. The maximum atomic E-state index is 12.4. The van der Waals surface area contributed by atoms with E-state index in [0.717, 1.165) is 39.4 Å². The van der Waals surface area contributed by atoms with E-state index in [0.29, 0.717) is 23.7 Å². The van der Waals surface area contributed by atoms with E-state index in [1.165, 1.54) is 6.21 Å². The van der Waals surface area contributed by atoms with Gasteiger partial charge in [-0.15, -0.1) is 0 Å². The van der Waals surface area contributed by atoms with Crippen LogP contribution in [0.1, 0.15) is 35.7 Å². The highest BCUT2D eigenvalue weighted by molar-refractivity contribution is 9.10. The molecule has 0 aliphatic heterocycles. The Labute approximate surface area is 229 Å². The van der Waals surface area contributed by atoms with Gasteiger partial charge in [-0.2, -0.15) is 5.10 Å². The number of carbonyl (C=O) groups is 2. The number of hydrogen-bond acceptors (Lipinski definition) is 6. The Morgan fingerprint density at radius 2 is 1.63 bits per heavy atom. The molecule has 0 saturated heterocycles. The van der Waals surface area contributed by atoms with Crippen LogP contribution in [0.3, 0.4) is 0 Å². The molecule has 4 aromatic rings. The van der Waals surface area contributed by atoms with Gasteiger partial charge in [-0.3, -0.25) is 4.79 Å². The number of carbonyl (C=O) groups excluding carboxylic acids is 2. The Kier molecular flexibility index (Phi) is 9.48. The van der Waals surface area contributed by atoms with Crippen LogP contribution in [0.15, 0.2) is 94.5 Å². The van der Waals surface area contributed by atoms with Crippen LogP contribution in [0, 0.1) is 0 Å². The van der Waals surface area contributed by atoms with Crippen molar-refractivity contribution in [1.29, 1.82) is 0 Å². The number of nitrogens with zero attached hydrogens (tertiary/aromatic N) is 1. The van der Waals surface area contributed by atoms with E-state index < -0.39 is 11.9 Å². The van der Waals surface area contributed by atoms with Gasteiger partial charge >= 0.3 is 5.97 Å². The van der Waals surface area contributed by atoms with E-state index in [4.69, 9.17) is 14.2 Å². The Bertz CT molecular complexity index is 1420. The van der Waals surface area contributed by atoms with Crippen molar-refractivity contribution in [3.05, 3.63) is 101 Å². The normalized spacial score (nSPS) is 10.9. The molecule has 0 heterocycles. The Morgan fingerprint density at radius 1 is 0.895 bits per heavy atom. The maximum absolute atomic E-state index is 12.4. The van der Waals surface area contributed by atoms with Gasteiger partial charge in [0.2, 0.25) is 0 Å². The largest absolute Gasteiger partial charge is 0.494 e. The fourth-order valence-corrected chi connectivity index (χ4v) is 4.10. The summed E-state index contributed by atoms with van der Waals surface area (Å²) in [5.74, 6) is 0.836. The number of ether oxygens (including phenoxy) is 3. The quantitative estimate of drug-likeness (QED) is 0.0723. The molecule has 1 N–H and O–H groups in total. The molecule has 4 aromatic carbocycles. The summed E-state index contributed by atoms with van der Waals surface area (Å²) in [6.45, 7) is 2.56. The number of halogens is 1. The second kappa shape index (κ2) is 13.4. The molecular formula is C30H27BrN2O5. The molecule has 0 aromatic heterocycles. The van der Waals surface area contributed by atoms with Gasteiger partial charge in [-0.05, 0) is 93.3 Å². The Balaban J connectivity index is 1.23. The van der Waals surface area contributed by atoms with E-state index >= 15 is 0 Å². The van der Waals surface area contributed by atoms with Gasteiger partial charge < -0.3 is 14.2 Å². The van der Waals surface area contributed by atoms with E-state index in [9.17, 15) is 9.59 Å². The van der Waals surface area contributed by atoms with Gasteiger partial charge in [0.25, 0.3) is 5.91 Å². The molecule has 0 bridgehead atoms. The average molecular weight is 575 g/mol. The second-order valence-corrected chi connectivity index (χ2v) is 9.16. The van der Waals surface area contributed by atoms with Crippen molar-refractivity contribution >= 4 is 44.8 Å². The summed E-state index contributed by atoms with van der Waals surface area (Å²) < 4.78 is 17.5. The monoisotopic (exact) mass is 574 g/mol.